The van der Waals surface area contributed by atoms with Crippen molar-refractivity contribution in [3.05, 3.63) is 60.2 Å². The van der Waals surface area contributed by atoms with Crippen molar-refractivity contribution in [1.29, 1.82) is 0 Å². The molecule has 0 amide bonds. The summed E-state index contributed by atoms with van der Waals surface area (Å²) in [6.45, 7) is 6.79. The molecule has 0 saturated heterocycles. The molecule has 4 N–H and O–H groups in total. The smallest absolute Gasteiger partial charge is 0.481 e. The van der Waals surface area contributed by atoms with Gasteiger partial charge in [0.2, 0.25) is 5.95 Å². The number of halogens is 3. The first-order valence-electron chi connectivity index (χ1n) is 13.5. The number of carbonyl (C=O) groups is 3. The number of rotatable bonds is 9. The van der Waals surface area contributed by atoms with Crippen molar-refractivity contribution in [2.75, 3.05) is 5.32 Å². The zero-order valence-corrected chi connectivity index (χ0v) is 23.9. The number of carboxylic acid groups (broad SMARTS) is 3. The van der Waals surface area contributed by atoms with Crippen molar-refractivity contribution >= 4 is 40.6 Å². The number of benzene rings is 2. The lowest BCUT2D eigenvalue weighted by Crippen LogP contribution is -2.29. The topological polar surface area (TPSA) is 151 Å². The Hall–Kier alpha value is -4.55. The molecule has 0 spiro atoms. The van der Waals surface area contributed by atoms with E-state index in [0.717, 1.165) is 35.9 Å². The van der Waals surface area contributed by atoms with Gasteiger partial charge in [-0.3, -0.25) is 4.79 Å². The van der Waals surface area contributed by atoms with Crippen molar-refractivity contribution < 1.29 is 47.6 Å². The molecule has 1 saturated carbocycles. The van der Waals surface area contributed by atoms with Crippen LogP contribution in [-0.4, -0.2) is 49.1 Å². The summed E-state index contributed by atoms with van der Waals surface area (Å²) >= 11 is 0. The summed E-state index contributed by atoms with van der Waals surface area (Å²) in [5.41, 5.74) is 3.34. The van der Waals surface area contributed by atoms with Crippen molar-refractivity contribution in [3.8, 4) is 5.75 Å². The molecule has 1 heterocycles. The number of hydrogen-bond acceptors (Lipinski definition) is 6. The molecular weight excluding hydrogens is 571 g/mol. The number of nitrogens with one attached hydrogen (secondary N) is 1. The number of nitrogens with zero attached hydrogens (tertiary/aromatic N) is 2. The van der Waals surface area contributed by atoms with Crippen LogP contribution in [0.4, 0.5) is 24.8 Å². The van der Waals surface area contributed by atoms with E-state index in [-0.39, 0.29) is 23.6 Å². The third kappa shape index (κ3) is 10.3. The monoisotopic (exact) mass is 605 g/mol. The number of aliphatic carboxylic acids is 3. The molecule has 0 bridgehead atoms. The molecule has 43 heavy (non-hydrogen) atoms. The van der Waals surface area contributed by atoms with Gasteiger partial charge in [0.1, 0.15) is 5.75 Å². The van der Waals surface area contributed by atoms with Crippen LogP contribution in [0.1, 0.15) is 58.1 Å². The maximum atomic E-state index is 12.5. The summed E-state index contributed by atoms with van der Waals surface area (Å²) in [5.74, 6) is -2.52. The van der Waals surface area contributed by atoms with E-state index in [1.54, 1.807) is 0 Å². The molecule has 1 aliphatic carbocycles. The minimum Gasteiger partial charge on any atom is -0.481 e. The molecule has 1 aromatic heterocycles. The van der Waals surface area contributed by atoms with Crippen LogP contribution < -0.4 is 10.1 Å². The fourth-order valence-electron chi connectivity index (χ4n) is 5.51. The van der Waals surface area contributed by atoms with Crippen LogP contribution in [0.5, 0.6) is 5.75 Å². The SMILES string of the molecule is C[C@H]1C[C@@H](n2c(Nc3ccc(OC(F)(F)F)cc3)nc3cc(CCC(=O)O)ccc32)CC(C)(C)C1.O=C(O)C=CC(=O)O. The first-order chi connectivity index (χ1) is 20.0. The van der Waals surface area contributed by atoms with Gasteiger partial charge < -0.3 is 29.9 Å². The summed E-state index contributed by atoms with van der Waals surface area (Å²) in [4.78, 5) is 34.9. The standard InChI is InChI=1S/C26H30F3N3O3.C4H4O4/c1-16-12-19(15-25(2,3)14-16)32-22-10-4-17(5-11-23(33)34)13-21(22)31-24(32)30-18-6-8-20(9-7-18)35-26(27,28)29;5-3(6)1-2-4(7)8/h4,6-10,13,16,19H,5,11-12,14-15H2,1-3H3,(H,30,31)(H,33,34);1-2H,(H,5,6)(H,7,8)/t16-,19+;/m0./s1. The van der Waals surface area contributed by atoms with Gasteiger partial charge in [0.15, 0.2) is 0 Å². The summed E-state index contributed by atoms with van der Waals surface area (Å²) in [6, 6.07) is 11.6. The van der Waals surface area contributed by atoms with E-state index in [0.29, 0.717) is 36.1 Å². The number of hydrogen-bond donors (Lipinski definition) is 4. The Balaban J connectivity index is 0.000000557. The van der Waals surface area contributed by atoms with Crippen LogP contribution >= 0.6 is 0 Å². The second-order valence-electron chi connectivity index (χ2n) is 11.3. The second kappa shape index (κ2) is 13.6. The highest BCUT2D eigenvalue weighted by atomic mass is 19.4. The molecule has 1 aliphatic rings. The predicted octanol–water partition coefficient (Wildman–Crippen LogP) is 6.79. The lowest BCUT2D eigenvalue weighted by atomic mass is 9.70. The maximum Gasteiger partial charge on any atom is 0.573 e. The number of anilines is 2. The van der Waals surface area contributed by atoms with Crippen molar-refractivity contribution in [3.63, 3.8) is 0 Å². The van der Waals surface area contributed by atoms with Crippen molar-refractivity contribution in [2.24, 2.45) is 11.3 Å². The van der Waals surface area contributed by atoms with E-state index >= 15 is 0 Å². The van der Waals surface area contributed by atoms with Crippen LogP contribution in [0.25, 0.3) is 11.0 Å². The lowest BCUT2D eigenvalue weighted by Gasteiger charge is -2.40. The second-order valence-corrected chi connectivity index (χ2v) is 11.3. The van der Waals surface area contributed by atoms with E-state index in [4.69, 9.17) is 20.3 Å². The molecule has 0 radical (unpaired) electrons. The van der Waals surface area contributed by atoms with E-state index < -0.39 is 24.3 Å². The molecule has 3 aromatic rings. The molecule has 2 atom stereocenters. The van der Waals surface area contributed by atoms with Gasteiger partial charge in [-0.15, -0.1) is 13.2 Å². The van der Waals surface area contributed by atoms with Crippen LogP contribution in [0.15, 0.2) is 54.6 Å². The Labute approximate surface area is 245 Å². The lowest BCUT2D eigenvalue weighted by molar-refractivity contribution is -0.274. The predicted molar refractivity (Wildman–Crippen MR) is 152 cm³/mol. The van der Waals surface area contributed by atoms with Crippen LogP contribution in [0.2, 0.25) is 0 Å². The Morgan fingerprint density at radius 1 is 1.05 bits per heavy atom. The number of alkyl halides is 3. The van der Waals surface area contributed by atoms with Gasteiger partial charge in [-0.25, -0.2) is 14.6 Å². The zero-order chi connectivity index (χ0) is 31.9. The molecule has 2 aromatic carbocycles. The highest BCUT2D eigenvalue weighted by Crippen LogP contribution is 2.46. The van der Waals surface area contributed by atoms with E-state index in [9.17, 15) is 27.6 Å². The number of aryl methyl sites for hydroxylation is 1. The fourth-order valence-corrected chi connectivity index (χ4v) is 5.51. The van der Waals surface area contributed by atoms with Crippen LogP contribution in [0.3, 0.4) is 0 Å². The van der Waals surface area contributed by atoms with Crippen molar-refractivity contribution in [2.45, 2.75) is 65.3 Å². The van der Waals surface area contributed by atoms with Gasteiger partial charge >= 0.3 is 24.3 Å². The molecule has 0 aliphatic heterocycles. The minimum atomic E-state index is -4.74. The minimum absolute atomic E-state index is 0.0397. The average molecular weight is 606 g/mol. The van der Waals surface area contributed by atoms with Gasteiger partial charge in [-0.1, -0.05) is 26.8 Å². The summed E-state index contributed by atoms with van der Waals surface area (Å²) in [6.07, 6.45) is -0.0817. The van der Waals surface area contributed by atoms with Crippen LogP contribution in [-0.2, 0) is 20.8 Å². The Bertz CT molecular complexity index is 1460. The summed E-state index contributed by atoms with van der Waals surface area (Å²) in [7, 11) is 0. The molecule has 13 heteroatoms. The summed E-state index contributed by atoms with van der Waals surface area (Å²) < 4.78 is 43.7. The maximum absolute atomic E-state index is 12.5. The molecule has 4 rings (SSSR count). The average Bonchev–Trinajstić information content (AvgIpc) is 3.22. The third-order valence-corrected chi connectivity index (χ3v) is 6.82. The number of fused-ring (bicyclic) bond motifs is 1. The summed E-state index contributed by atoms with van der Waals surface area (Å²) in [5, 5.41) is 27.9. The molecular formula is C30H34F3N3O7. The van der Waals surface area contributed by atoms with Gasteiger partial charge in [0, 0.05) is 30.3 Å². The third-order valence-electron chi connectivity index (χ3n) is 6.82. The highest BCUT2D eigenvalue weighted by molar-refractivity contribution is 5.89. The molecule has 0 unspecified atom stereocenters. The number of carboxylic acids is 3. The first kappa shape index (κ1) is 33.0. The fraction of sp³-hybridized carbons (Fsp3) is 0.400. The highest BCUT2D eigenvalue weighted by Gasteiger charge is 2.35. The molecule has 10 nitrogen and oxygen atoms in total. The van der Waals surface area contributed by atoms with E-state index in [2.05, 4.69) is 35.4 Å². The normalized spacial score (nSPS) is 18.1. The Morgan fingerprint density at radius 3 is 2.21 bits per heavy atom. The van der Waals surface area contributed by atoms with E-state index in [1.165, 1.54) is 24.3 Å². The number of imidazole rings is 1. The van der Waals surface area contributed by atoms with Gasteiger partial charge in [-0.05, 0) is 79.0 Å². The van der Waals surface area contributed by atoms with Crippen molar-refractivity contribution in [1.82, 2.24) is 9.55 Å². The molecule has 232 valence electrons. The quantitative estimate of drug-likeness (QED) is 0.193. The Morgan fingerprint density at radius 2 is 1.67 bits per heavy atom. The van der Waals surface area contributed by atoms with Crippen LogP contribution in [0, 0.1) is 11.3 Å². The van der Waals surface area contributed by atoms with Gasteiger partial charge in [0.05, 0.1) is 11.0 Å². The van der Waals surface area contributed by atoms with E-state index in [1.807, 2.05) is 18.2 Å². The zero-order valence-electron chi connectivity index (χ0n) is 23.9. The molecule has 1 fully saturated rings. The number of ether oxygens (including phenoxy) is 1. The Kier molecular flexibility index (Phi) is 10.4. The number of aromatic nitrogens is 2. The van der Waals surface area contributed by atoms with Gasteiger partial charge in [-0.2, -0.15) is 0 Å². The first-order valence-corrected chi connectivity index (χ1v) is 13.5. The largest absolute Gasteiger partial charge is 0.573 e. The van der Waals surface area contributed by atoms with Gasteiger partial charge in [0.25, 0.3) is 0 Å².